The summed E-state index contributed by atoms with van der Waals surface area (Å²) in [5.74, 6) is -0.160. The second-order valence-corrected chi connectivity index (χ2v) is 6.37. The molecule has 1 saturated carbocycles. The van der Waals surface area contributed by atoms with Crippen molar-refractivity contribution in [1.82, 2.24) is 0 Å². The highest BCUT2D eigenvalue weighted by Crippen LogP contribution is 2.20. The molecule has 0 N–H and O–H groups in total. The van der Waals surface area contributed by atoms with Gasteiger partial charge in [-0.25, -0.2) is 13.2 Å². The van der Waals surface area contributed by atoms with Gasteiger partial charge in [0.2, 0.25) is 0 Å². The zero-order chi connectivity index (χ0) is 12.0. The van der Waals surface area contributed by atoms with Crippen LogP contribution in [0.4, 0.5) is 4.79 Å². The SMILES string of the molecule is CS(=O)(=O)CCOC(=O)OC1CCCCC1. The minimum Gasteiger partial charge on any atom is -0.433 e. The van der Waals surface area contributed by atoms with Crippen molar-refractivity contribution in [2.75, 3.05) is 18.6 Å². The molecular weight excluding hydrogens is 232 g/mol. The van der Waals surface area contributed by atoms with E-state index in [1.54, 1.807) is 0 Å². The van der Waals surface area contributed by atoms with Crippen LogP contribution in [0.5, 0.6) is 0 Å². The molecule has 0 unspecified atom stereocenters. The third-order valence-electron chi connectivity index (χ3n) is 2.49. The maximum Gasteiger partial charge on any atom is 0.508 e. The number of ether oxygens (including phenoxy) is 2. The number of carbonyl (C=O) groups excluding carboxylic acids is 1. The Bertz CT molecular complexity index is 316. The third-order valence-corrected chi connectivity index (χ3v) is 3.40. The van der Waals surface area contributed by atoms with E-state index in [1.165, 1.54) is 6.42 Å². The van der Waals surface area contributed by atoms with Crippen LogP contribution in [0.25, 0.3) is 0 Å². The van der Waals surface area contributed by atoms with Gasteiger partial charge in [-0.2, -0.15) is 0 Å². The molecule has 0 amide bonds. The predicted molar refractivity (Wildman–Crippen MR) is 59.0 cm³/mol. The van der Waals surface area contributed by atoms with Crippen LogP contribution in [0, 0.1) is 0 Å². The Labute approximate surface area is 96.0 Å². The van der Waals surface area contributed by atoms with Crippen LogP contribution in [0.1, 0.15) is 32.1 Å². The van der Waals surface area contributed by atoms with Gasteiger partial charge in [-0.3, -0.25) is 0 Å². The maximum atomic E-state index is 11.2. The second kappa shape index (κ2) is 6.08. The molecule has 0 bridgehead atoms. The van der Waals surface area contributed by atoms with E-state index in [1.807, 2.05) is 0 Å². The van der Waals surface area contributed by atoms with Crippen molar-refractivity contribution in [2.24, 2.45) is 0 Å². The molecule has 1 fully saturated rings. The summed E-state index contributed by atoms with van der Waals surface area (Å²) in [7, 11) is -3.09. The van der Waals surface area contributed by atoms with Gasteiger partial charge in [-0.1, -0.05) is 6.42 Å². The number of carbonyl (C=O) groups is 1. The van der Waals surface area contributed by atoms with E-state index in [9.17, 15) is 13.2 Å². The molecule has 0 spiro atoms. The Morgan fingerprint density at radius 2 is 1.88 bits per heavy atom. The van der Waals surface area contributed by atoms with Gasteiger partial charge in [0.1, 0.15) is 12.7 Å². The highest BCUT2D eigenvalue weighted by atomic mass is 32.2. The monoisotopic (exact) mass is 250 g/mol. The summed E-state index contributed by atoms with van der Waals surface area (Å²) >= 11 is 0. The van der Waals surface area contributed by atoms with Gasteiger partial charge in [-0.05, 0) is 25.7 Å². The fraction of sp³-hybridized carbons (Fsp3) is 0.900. The lowest BCUT2D eigenvalue weighted by atomic mass is 9.98. The van der Waals surface area contributed by atoms with Crippen molar-refractivity contribution in [3.63, 3.8) is 0 Å². The van der Waals surface area contributed by atoms with Crippen molar-refractivity contribution in [3.8, 4) is 0 Å². The fourth-order valence-corrected chi connectivity index (χ4v) is 2.02. The molecule has 1 aliphatic carbocycles. The summed E-state index contributed by atoms with van der Waals surface area (Å²) in [4.78, 5) is 11.2. The van der Waals surface area contributed by atoms with Crippen molar-refractivity contribution >= 4 is 16.0 Å². The quantitative estimate of drug-likeness (QED) is 0.707. The third kappa shape index (κ3) is 5.95. The summed E-state index contributed by atoms with van der Waals surface area (Å²) in [5.41, 5.74) is 0. The summed E-state index contributed by atoms with van der Waals surface area (Å²) in [6.45, 7) is -0.135. The average molecular weight is 250 g/mol. The molecule has 0 aliphatic heterocycles. The van der Waals surface area contributed by atoms with E-state index in [0.29, 0.717) is 0 Å². The van der Waals surface area contributed by atoms with E-state index < -0.39 is 16.0 Å². The molecule has 0 saturated heterocycles. The minimum atomic E-state index is -3.09. The molecule has 6 heteroatoms. The van der Waals surface area contributed by atoms with Crippen LogP contribution in [0.2, 0.25) is 0 Å². The number of hydrogen-bond acceptors (Lipinski definition) is 5. The molecule has 1 aliphatic rings. The van der Waals surface area contributed by atoms with E-state index in [2.05, 4.69) is 4.74 Å². The second-order valence-electron chi connectivity index (χ2n) is 4.11. The molecule has 0 atom stereocenters. The van der Waals surface area contributed by atoms with Crippen molar-refractivity contribution in [3.05, 3.63) is 0 Å². The first-order valence-electron chi connectivity index (χ1n) is 5.48. The molecule has 0 aromatic carbocycles. The molecule has 0 aromatic rings. The number of rotatable bonds is 4. The molecule has 16 heavy (non-hydrogen) atoms. The topological polar surface area (TPSA) is 69.7 Å². The summed E-state index contributed by atoms with van der Waals surface area (Å²) < 4.78 is 31.3. The first kappa shape index (κ1) is 13.3. The maximum absolute atomic E-state index is 11.2. The van der Waals surface area contributed by atoms with Crippen LogP contribution in [0.3, 0.4) is 0 Å². The molecular formula is C10H18O5S. The van der Waals surface area contributed by atoms with Crippen LogP contribution >= 0.6 is 0 Å². The van der Waals surface area contributed by atoms with Gasteiger partial charge < -0.3 is 9.47 Å². The van der Waals surface area contributed by atoms with Crippen LogP contribution < -0.4 is 0 Å². The fourth-order valence-electron chi connectivity index (χ4n) is 1.63. The van der Waals surface area contributed by atoms with Crippen molar-refractivity contribution < 1.29 is 22.7 Å². The van der Waals surface area contributed by atoms with Gasteiger partial charge in [0.15, 0.2) is 9.84 Å². The van der Waals surface area contributed by atoms with Gasteiger partial charge in [0.25, 0.3) is 0 Å². The first-order chi connectivity index (χ1) is 7.47. The van der Waals surface area contributed by atoms with Gasteiger partial charge in [-0.15, -0.1) is 0 Å². The van der Waals surface area contributed by atoms with E-state index in [-0.39, 0.29) is 18.5 Å². The largest absolute Gasteiger partial charge is 0.508 e. The smallest absolute Gasteiger partial charge is 0.433 e. The van der Waals surface area contributed by atoms with Crippen LogP contribution in [-0.2, 0) is 19.3 Å². The van der Waals surface area contributed by atoms with E-state index in [4.69, 9.17) is 4.74 Å². The zero-order valence-electron chi connectivity index (χ0n) is 9.48. The summed E-state index contributed by atoms with van der Waals surface area (Å²) in [5, 5.41) is 0. The molecule has 94 valence electrons. The number of hydrogen-bond donors (Lipinski definition) is 0. The summed E-state index contributed by atoms with van der Waals surface area (Å²) in [6.07, 6.45) is 5.37. The van der Waals surface area contributed by atoms with Crippen LogP contribution in [-0.4, -0.2) is 39.3 Å². The van der Waals surface area contributed by atoms with E-state index >= 15 is 0 Å². The van der Waals surface area contributed by atoms with Gasteiger partial charge in [0, 0.05) is 6.26 Å². The lowest BCUT2D eigenvalue weighted by Crippen LogP contribution is -2.23. The standard InChI is InChI=1S/C10H18O5S/c1-16(12,13)8-7-14-10(11)15-9-5-3-2-4-6-9/h9H,2-8H2,1H3. The highest BCUT2D eigenvalue weighted by Gasteiger charge is 2.18. The normalized spacial score (nSPS) is 18.1. The molecule has 0 aromatic heterocycles. The Morgan fingerprint density at radius 1 is 1.25 bits per heavy atom. The Hall–Kier alpha value is -0.780. The van der Waals surface area contributed by atoms with Crippen molar-refractivity contribution in [2.45, 2.75) is 38.2 Å². The minimum absolute atomic E-state index is 0.0560. The molecule has 0 heterocycles. The predicted octanol–water partition coefficient (Wildman–Crippen LogP) is 1.52. The Kier molecular flexibility index (Phi) is 5.05. The lowest BCUT2D eigenvalue weighted by molar-refractivity contribution is 0.0142. The van der Waals surface area contributed by atoms with Gasteiger partial charge >= 0.3 is 6.16 Å². The molecule has 5 nitrogen and oxygen atoms in total. The number of sulfone groups is 1. The van der Waals surface area contributed by atoms with Crippen molar-refractivity contribution in [1.29, 1.82) is 0 Å². The van der Waals surface area contributed by atoms with Crippen LogP contribution in [0.15, 0.2) is 0 Å². The van der Waals surface area contributed by atoms with E-state index in [0.717, 1.165) is 31.9 Å². The molecule has 0 radical (unpaired) electrons. The highest BCUT2D eigenvalue weighted by molar-refractivity contribution is 7.90. The Morgan fingerprint density at radius 3 is 2.44 bits per heavy atom. The Balaban J connectivity index is 2.15. The molecule has 1 rings (SSSR count). The first-order valence-corrected chi connectivity index (χ1v) is 7.54. The zero-order valence-corrected chi connectivity index (χ0v) is 10.3. The van der Waals surface area contributed by atoms with Gasteiger partial charge in [0.05, 0.1) is 5.75 Å². The summed E-state index contributed by atoms with van der Waals surface area (Å²) in [6, 6.07) is 0. The lowest BCUT2D eigenvalue weighted by Gasteiger charge is -2.21. The average Bonchev–Trinajstić information content (AvgIpc) is 2.17.